The zero-order valence-electron chi connectivity index (χ0n) is 13.6. The van der Waals surface area contributed by atoms with Gasteiger partial charge in [-0.2, -0.15) is 0 Å². The van der Waals surface area contributed by atoms with E-state index in [-0.39, 0.29) is 0 Å². The van der Waals surface area contributed by atoms with Crippen LogP contribution in [0.5, 0.6) is 0 Å². The van der Waals surface area contributed by atoms with Gasteiger partial charge in [-0.1, -0.05) is 58.4 Å². The zero-order chi connectivity index (χ0) is 15.2. The number of hydrogen-bond acceptors (Lipinski definition) is 3. The molecule has 0 heterocycles. The first-order valence-electron chi connectivity index (χ1n) is 8.40. The molecule has 0 saturated carbocycles. The lowest BCUT2D eigenvalue weighted by atomic mass is 10.1. The van der Waals surface area contributed by atoms with Crippen molar-refractivity contribution >= 4 is 0 Å². The zero-order valence-corrected chi connectivity index (χ0v) is 13.6. The Balaban J connectivity index is 4.05. The Morgan fingerprint density at radius 1 is 0.850 bits per heavy atom. The molecule has 0 aliphatic carbocycles. The number of unbranched alkanes of at least 4 members (excludes halogenated alkanes) is 6. The highest BCUT2D eigenvalue weighted by molar-refractivity contribution is 4.77. The SMILES string of the molecule is C=CCN(C(O)CCCCCC)C(O)CCCCCC. The van der Waals surface area contributed by atoms with Crippen LogP contribution in [0, 0.1) is 0 Å². The van der Waals surface area contributed by atoms with Gasteiger partial charge in [0.05, 0.1) is 0 Å². The van der Waals surface area contributed by atoms with Crippen LogP contribution in [0.3, 0.4) is 0 Å². The number of aliphatic hydroxyl groups is 2. The normalized spacial score (nSPS) is 14.4. The summed E-state index contributed by atoms with van der Waals surface area (Å²) >= 11 is 0. The number of aliphatic hydroxyl groups excluding tert-OH is 2. The summed E-state index contributed by atoms with van der Waals surface area (Å²) in [4.78, 5) is 1.77. The van der Waals surface area contributed by atoms with Gasteiger partial charge in [-0.15, -0.1) is 6.58 Å². The van der Waals surface area contributed by atoms with Gasteiger partial charge < -0.3 is 10.2 Å². The molecule has 0 aliphatic rings. The average molecular weight is 285 g/mol. The fraction of sp³-hybridized carbons (Fsp3) is 0.882. The van der Waals surface area contributed by atoms with Crippen molar-refractivity contribution in [2.24, 2.45) is 0 Å². The second-order valence-electron chi connectivity index (χ2n) is 5.65. The predicted octanol–water partition coefficient (Wildman–Crippen LogP) is 4.05. The van der Waals surface area contributed by atoms with Gasteiger partial charge in [0, 0.05) is 6.54 Å². The van der Waals surface area contributed by atoms with Gasteiger partial charge in [-0.05, 0) is 25.7 Å². The van der Waals surface area contributed by atoms with Crippen molar-refractivity contribution in [1.82, 2.24) is 4.90 Å². The van der Waals surface area contributed by atoms with Crippen molar-refractivity contribution in [2.45, 2.75) is 90.5 Å². The summed E-state index contributed by atoms with van der Waals surface area (Å²) in [5.41, 5.74) is 0. The Bertz CT molecular complexity index is 203. The van der Waals surface area contributed by atoms with E-state index in [9.17, 15) is 10.2 Å². The maximum absolute atomic E-state index is 10.2. The standard InChI is InChI=1S/C17H35NO2/c1-4-7-9-11-13-16(19)18(15-6-3)17(20)14-12-10-8-5-2/h6,16-17,19-20H,3-5,7-15H2,1-2H3. The molecule has 0 aromatic heterocycles. The van der Waals surface area contributed by atoms with Gasteiger partial charge in [0.2, 0.25) is 0 Å². The lowest BCUT2D eigenvalue weighted by Crippen LogP contribution is -2.43. The third kappa shape index (κ3) is 9.51. The van der Waals surface area contributed by atoms with E-state index in [4.69, 9.17) is 0 Å². The molecule has 2 N–H and O–H groups in total. The molecule has 0 rings (SSSR count). The van der Waals surface area contributed by atoms with Crippen molar-refractivity contribution in [3.05, 3.63) is 12.7 Å². The molecule has 0 aromatic carbocycles. The third-order valence-electron chi connectivity index (χ3n) is 3.74. The summed E-state index contributed by atoms with van der Waals surface area (Å²) in [5.74, 6) is 0. The highest BCUT2D eigenvalue weighted by Crippen LogP contribution is 2.15. The second-order valence-corrected chi connectivity index (χ2v) is 5.65. The van der Waals surface area contributed by atoms with E-state index >= 15 is 0 Å². The van der Waals surface area contributed by atoms with E-state index in [1.54, 1.807) is 11.0 Å². The highest BCUT2D eigenvalue weighted by Gasteiger charge is 2.21. The fourth-order valence-corrected chi connectivity index (χ4v) is 2.43. The Labute approximate surface area is 125 Å². The van der Waals surface area contributed by atoms with Crippen molar-refractivity contribution in [3.8, 4) is 0 Å². The van der Waals surface area contributed by atoms with Crippen molar-refractivity contribution < 1.29 is 10.2 Å². The van der Waals surface area contributed by atoms with Crippen molar-refractivity contribution in [3.63, 3.8) is 0 Å². The molecule has 120 valence electrons. The second kappa shape index (κ2) is 13.6. The fourth-order valence-electron chi connectivity index (χ4n) is 2.43. The summed E-state index contributed by atoms with van der Waals surface area (Å²) in [6, 6.07) is 0. The van der Waals surface area contributed by atoms with Crippen molar-refractivity contribution in [1.29, 1.82) is 0 Å². The minimum atomic E-state index is -0.550. The van der Waals surface area contributed by atoms with Crippen LogP contribution in [0.1, 0.15) is 78.1 Å². The lowest BCUT2D eigenvalue weighted by Gasteiger charge is -2.31. The predicted molar refractivity (Wildman–Crippen MR) is 86.4 cm³/mol. The molecular formula is C17H35NO2. The van der Waals surface area contributed by atoms with Crippen LogP contribution in [0.4, 0.5) is 0 Å². The first kappa shape index (κ1) is 19.6. The molecule has 0 fully saturated rings. The van der Waals surface area contributed by atoms with Crippen LogP contribution in [0.2, 0.25) is 0 Å². The molecule has 20 heavy (non-hydrogen) atoms. The van der Waals surface area contributed by atoms with Gasteiger partial charge >= 0.3 is 0 Å². The maximum Gasteiger partial charge on any atom is 0.109 e. The topological polar surface area (TPSA) is 43.7 Å². The molecule has 3 heteroatoms. The number of nitrogens with zero attached hydrogens (tertiary/aromatic N) is 1. The Morgan fingerprint density at radius 3 is 1.65 bits per heavy atom. The molecule has 2 atom stereocenters. The number of hydrogen-bond donors (Lipinski definition) is 2. The van der Waals surface area contributed by atoms with Crippen molar-refractivity contribution in [2.75, 3.05) is 6.54 Å². The van der Waals surface area contributed by atoms with Gasteiger partial charge in [0.25, 0.3) is 0 Å². The monoisotopic (exact) mass is 285 g/mol. The molecule has 0 spiro atoms. The summed E-state index contributed by atoms with van der Waals surface area (Å²) in [6.07, 6.45) is 11.3. The van der Waals surface area contributed by atoms with E-state index in [0.717, 1.165) is 38.5 Å². The van der Waals surface area contributed by atoms with Gasteiger partial charge in [0.15, 0.2) is 0 Å². The Hall–Kier alpha value is -0.380. The molecule has 0 saturated heterocycles. The molecule has 0 amide bonds. The molecule has 0 radical (unpaired) electrons. The summed E-state index contributed by atoms with van der Waals surface area (Å²) in [6.45, 7) is 8.63. The van der Waals surface area contributed by atoms with E-state index in [1.807, 2.05) is 0 Å². The highest BCUT2D eigenvalue weighted by atomic mass is 16.3. The van der Waals surface area contributed by atoms with Crippen LogP contribution in [0.25, 0.3) is 0 Å². The quantitative estimate of drug-likeness (QED) is 0.287. The van der Waals surface area contributed by atoms with E-state index in [1.165, 1.54) is 25.7 Å². The molecule has 0 aliphatic heterocycles. The summed E-state index contributed by atoms with van der Waals surface area (Å²) in [5, 5.41) is 20.5. The molecule has 0 bridgehead atoms. The summed E-state index contributed by atoms with van der Waals surface area (Å²) in [7, 11) is 0. The van der Waals surface area contributed by atoms with Gasteiger partial charge in [0.1, 0.15) is 12.5 Å². The largest absolute Gasteiger partial charge is 0.378 e. The van der Waals surface area contributed by atoms with Crippen LogP contribution < -0.4 is 0 Å². The van der Waals surface area contributed by atoms with E-state index in [2.05, 4.69) is 20.4 Å². The van der Waals surface area contributed by atoms with Crippen LogP contribution in [0.15, 0.2) is 12.7 Å². The van der Waals surface area contributed by atoms with E-state index in [0.29, 0.717) is 6.54 Å². The summed E-state index contributed by atoms with van der Waals surface area (Å²) < 4.78 is 0. The van der Waals surface area contributed by atoms with Gasteiger partial charge in [-0.25, -0.2) is 4.90 Å². The molecule has 0 aromatic rings. The number of rotatable bonds is 14. The average Bonchev–Trinajstić information content (AvgIpc) is 2.45. The minimum absolute atomic E-state index is 0.546. The Kier molecular flexibility index (Phi) is 13.3. The van der Waals surface area contributed by atoms with Crippen LogP contribution >= 0.6 is 0 Å². The van der Waals surface area contributed by atoms with Crippen LogP contribution in [-0.2, 0) is 0 Å². The minimum Gasteiger partial charge on any atom is -0.378 e. The third-order valence-corrected chi connectivity index (χ3v) is 3.74. The molecule has 3 nitrogen and oxygen atoms in total. The maximum atomic E-state index is 10.2. The van der Waals surface area contributed by atoms with Crippen LogP contribution in [-0.4, -0.2) is 34.1 Å². The molecule has 2 unspecified atom stereocenters. The lowest BCUT2D eigenvalue weighted by molar-refractivity contribution is -0.102. The Morgan fingerprint density at radius 2 is 1.30 bits per heavy atom. The molecular weight excluding hydrogens is 250 g/mol. The first-order valence-corrected chi connectivity index (χ1v) is 8.40. The first-order chi connectivity index (χ1) is 9.67. The smallest absolute Gasteiger partial charge is 0.109 e. The van der Waals surface area contributed by atoms with E-state index < -0.39 is 12.5 Å². The van der Waals surface area contributed by atoms with Gasteiger partial charge in [-0.3, -0.25) is 0 Å².